The van der Waals surface area contributed by atoms with Crippen LogP contribution in [0.25, 0.3) is 0 Å². The summed E-state index contributed by atoms with van der Waals surface area (Å²) in [5.41, 5.74) is 0.317. The summed E-state index contributed by atoms with van der Waals surface area (Å²) >= 11 is 0. The van der Waals surface area contributed by atoms with Crippen LogP contribution < -0.4 is 14.8 Å². The number of benzene rings is 1. The SMILES string of the molecule is CCCCOc1ccc(C(=O)O[C@H](C)C(=O)NCC)cc1OCC. The van der Waals surface area contributed by atoms with E-state index in [9.17, 15) is 9.59 Å². The highest BCUT2D eigenvalue weighted by molar-refractivity contribution is 5.92. The molecular formula is C18H27NO5. The van der Waals surface area contributed by atoms with E-state index < -0.39 is 12.1 Å². The number of nitrogens with one attached hydrogen (secondary N) is 1. The Bertz CT molecular complexity index is 544. The minimum absolute atomic E-state index is 0.317. The molecular weight excluding hydrogens is 310 g/mol. The zero-order valence-corrected chi connectivity index (χ0v) is 14.9. The molecule has 0 aliphatic carbocycles. The van der Waals surface area contributed by atoms with Crippen LogP contribution in [0.1, 0.15) is 50.9 Å². The van der Waals surface area contributed by atoms with Gasteiger partial charge in [0.15, 0.2) is 17.6 Å². The summed E-state index contributed by atoms with van der Waals surface area (Å²) in [6, 6.07) is 4.88. The molecule has 0 radical (unpaired) electrons. The second kappa shape index (κ2) is 10.5. The van der Waals surface area contributed by atoms with Crippen LogP contribution in [0.5, 0.6) is 11.5 Å². The molecule has 0 heterocycles. The molecule has 0 unspecified atom stereocenters. The summed E-state index contributed by atoms with van der Waals surface area (Å²) in [4.78, 5) is 23.8. The second-order valence-corrected chi connectivity index (χ2v) is 5.24. The summed E-state index contributed by atoms with van der Waals surface area (Å²) in [6.45, 7) is 8.82. The summed E-state index contributed by atoms with van der Waals surface area (Å²) in [5.74, 6) is 0.192. The second-order valence-electron chi connectivity index (χ2n) is 5.24. The van der Waals surface area contributed by atoms with E-state index in [1.807, 2.05) is 6.92 Å². The molecule has 6 nitrogen and oxygen atoms in total. The lowest BCUT2D eigenvalue weighted by Gasteiger charge is -2.15. The maximum atomic E-state index is 12.2. The number of carbonyl (C=O) groups excluding carboxylic acids is 2. The number of rotatable bonds is 10. The first-order valence-electron chi connectivity index (χ1n) is 8.41. The zero-order valence-electron chi connectivity index (χ0n) is 14.9. The minimum atomic E-state index is -0.853. The fourth-order valence-electron chi connectivity index (χ4n) is 1.95. The van der Waals surface area contributed by atoms with Gasteiger partial charge in [-0.05, 0) is 45.4 Å². The van der Waals surface area contributed by atoms with Crippen molar-refractivity contribution in [3.63, 3.8) is 0 Å². The first-order chi connectivity index (χ1) is 11.5. The fourth-order valence-corrected chi connectivity index (χ4v) is 1.95. The zero-order chi connectivity index (χ0) is 17.9. The molecule has 0 bridgehead atoms. The Morgan fingerprint density at radius 3 is 2.50 bits per heavy atom. The van der Waals surface area contributed by atoms with Crippen molar-refractivity contribution in [1.29, 1.82) is 0 Å². The molecule has 0 aliphatic rings. The third-order valence-electron chi connectivity index (χ3n) is 3.24. The number of ether oxygens (including phenoxy) is 3. The van der Waals surface area contributed by atoms with E-state index >= 15 is 0 Å². The number of hydrogen-bond donors (Lipinski definition) is 1. The molecule has 1 N–H and O–H groups in total. The van der Waals surface area contributed by atoms with Gasteiger partial charge in [-0.25, -0.2) is 4.79 Å². The number of esters is 1. The third kappa shape index (κ3) is 6.10. The lowest BCUT2D eigenvalue weighted by Crippen LogP contribution is -2.35. The number of carbonyl (C=O) groups is 2. The molecule has 1 aromatic carbocycles. The van der Waals surface area contributed by atoms with Crippen LogP contribution in [0.4, 0.5) is 0 Å². The predicted octanol–water partition coefficient (Wildman–Crippen LogP) is 2.95. The Labute approximate surface area is 143 Å². The van der Waals surface area contributed by atoms with Crippen molar-refractivity contribution < 1.29 is 23.8 Å². The van der Waals surface area contributed by atoms with Gasteiger partial charge in [0.2, 0.25) is 0 Å². The Balaban J connectivity index is 2.81. The van der Waals surface area contributed by atoms with E-state index in [1.165, 1.54) is 6.92 Å². The van der Waals surface area contributed by atoms with E-state index in [0.717, 1.165) is 12.8 Å². The van der Waals surface area contributed by atoms with Crippen molar-refractivity contribution in [2.45, 2.75) is 46.6 Å². The van der Waals surface area contributed by atoms with Gasteiger partial charge in [-0.3, -0.25) is 4.79 Å². The largest absolute Gasteiger partial charge is 0.490 e. The van der Waals surface area contributed by atoms with Crippen LogP contribution in [0.3, 0.4) is 0 Å². The van der Waals surface area contributed by atoms with Crippen molar-refractivity contribution >= 4 is 11.9 Å². The molecule has 1 amide bonds. The molecule has 24 heavy (non-hydrogen) atoms. The number of unbranched alkanes of at least 4 members (excludes halogenated alkanes) is 1. The molecule has 1 atom stereocenters. The normalized spacial score (nSPS) is 11.5. The molecule has 6 heteroatoms. The Kier molecular flexibility index (Phi) is 8.68. The molecule has 134 valence electrons. The highest BCUT2D eigenvalue weighted by Gasteiger charge is 2.19. The van der Waals surface area contributed by atoms with Crippen LogP contribution >= 0.6 is 0 Å². The lowest BCUT2D eigenvalue weighted by molar-refractivity contribution is -0.128. The van der Waals surface area contributed by atoms with Crippen molar-refractivity contribution in [3.05, 3.63) is 23.8 Å². The van der Waals surface area contributed by atoms with Crippen molar-refractivity contribution in [3.8, 4) is 11.5 Å². The Morgan fingerprint density at radius 1 is 1.12 bits per heavy atom. The quantitative estimate of drug-likeness (QED) is 0.525. The molecule has 1 rings (SSSR count). The van der Waals surface area contributed by atoms with E-state index in [2.05, 4.69) is 12.2 Å². The van der Waals surface area contributed by atoms with Gasteiger partial charge in [0.25, 0.3) is 5.91 Å². The lowest BCUT2D eigenvalue weighted by atomic mass is 10.2. The maximum Gasteiger partial charge on any atom is 0.339 e. The summed E-state index contributed by atoms with van der Waals surface area (Å²) in [7, 11) is 0. The third-order valence-corrected chi connectivity index (χ3v) is 3.24. The predicted molar refractivity (Wildman–Crippen MR) is 91.6 cm³/mol. The van der Waals surface area contributed by atoms with E-state index in [-0.39, 0.29) is 5.91 Å². The van der Waals surface area contributed by atoms with Gasteiger partial charge >= 0.3 is 5.97 Å². The van der Waals surface area contributed by atoms with E-state index in [0.29, 0.717) is 36.8 Å². The highest BCUT2D eigenvalue weighted by Crippen LogP contribution is 2.29. The first kappa shape index (κ1) is 19.8. The molecule has 0 aromatic heterocycles. The van der Waals surface area contributed by atoms with Gasteiger partial charge in [-0.2, -0.15) is 0 Å². The minimum Gasteiger partial charge on any atom is -0.490 e. The van der Waals surface area contributed by atoms with Crippen LogP contribution in [0.15, 0.2) is 18.2 Å². The average Bonchev–Trinajstić information content (AvgIpc) is 2.56. The first-order valence-corrected chi connectivity index (χ1v) is 8.41. The van der Waals surface area contributed by atoms with Crippen LogP contribution in [-0.4, -0.2) is 37.7 Å². The van der Waals surface area contributed by atoms with Gasteiger partial charge in [0.05, 0.1) is 18.8 Å². The van der Waals surface area contributed by atoms with Gasteiger partial charge < -0.3 is 19.5 Å². The van der Waals surface area contributed by atoms with Gasteiger partial charge in [0, 0.05) is 6.54 Å². The molecule has 0 saturated carbocycles. The van der Waals surface area contributed by atoms with E-state index in [4.69, 9.17) is 14.2 Å². The smallest absolute Gasteiger partial charge is 0.339 e. The fraction of sp³-hybridized carbons (Fsp3) is 0.556. The Hall–Kier alpha value is -2.24. The highest BCUT2D eigenvalue weighted by atomic mass is 16.5. The van der Waals surface area contributed by atoms with Crippen LogP contribution in [-0.2, 0) is 9.53 Å². The van der Waals surface area contributed by atoms with Crippen LogP contribution in [0.2, 0.25) is 0 Å². The van der Waals surface area contributed by atoms with Crippen LogP contribution in [0, 0.1) is 0 Å². The maximum absolute atomic E-state index is 12.2. The van der Waals surface area contributed by atoms with Gasteiger partial charge in [-0.15, -0.1) is 0 Å². The molecule has 1 aromatic rings. The number of likely N-dealkylation sites (N-methyl/N-ethyl adjacent to an activating group) is 1. The molecule has 0 aliphatic heterocycles. The molecule has 0 spiro atoms. The standard InChI is InChI=1S/C18H27NO5/c1-5-8-11-23-15-10-9-14(12-16(15)22-7-3)18(21)24-13(4)17(20)19-6-2/h9-10,12-13H,5-8,11H2,1-4H3,(H,19,20)/t13-/m1/s1. The van der Waals surface area contributed by atoms with Crippen molar-refractivity contribution in [2.75, 3.05) is 19.8 Å². The number of amides is 1. The summed E-state index contributed by atoms with van der Waals surface area (Å²) in [5, 5.41) is 2.61. The summed E-state index contributed by atoms with van der Waals surface area (Å²) < 4.78 is 16.4. The topological polar surface area (TPSA) is 73.9 Å². The monoisotopic (exact) mass is 337 g/mol. The molecule has 0 fully saturated rings. The average molecular weight is 337 g/mol. The molecule has 0 saturated heterocycles. The Morgan fingerprint density at radius 2 is 1.88 bits per heavy atom. The van der Waals surface area contributed by atoms with Crippen molar-refractivity contribution in [2.24, 2.45) is 0 Å². The van der Waals surface area contributed by atoms with E-state index in [1.54, 1.807) is 25.1 Å². The van der Waals surface area contributed by atoms with Gasteiger partial charge in [-0.1, -0.05) is 13.3 Å². The van der Waals surface area contributed by atoms with Crippen molar-refractivity contribution in [1.82, 2.24) is 5.32 Å². The summed E-state index contributed by atoms with van der Waals surface area (Å²) in [6.07, 6.45) is 1.12. The number of hydrogen-bond acceptors (Lipinski definition) is 5. The van der Waals surface area contributed by atoms with Gasteiger partial charge in [0.1, 0.15) is 0 Å².